The summed E-state index contributed by atoms with van der Waals surface area (Å²) in [7, 11) is 0. The van der Waals surface area contributed by atoms with Gasteiger partial charge in [-0.1, -0.05) is 5.16 Å². The van der Waals surface area contributed by atoms with Crippen molar-refractivity contribution in [2.75, 3.05) is 6.54 Å². The zero-order valence-electron chi connectivity index (χ0n) is 9.32. The Morgan fingerprint density at radius 1 is 1.31 bits per heavy atom. The first-order valence-electron chi connectivity index (χ1n) is 5.33. The maximum atomic E-state index is 5.16. The van der Waals surface area contributed by atoms with Crippen molar-refractivity contribution in [3.8, 4) is 11.4 Å². The molecule has 6 nitrogen and oxygen atoms in total. The Kier molecular flexibility index (Phi) is 2.03. The van der Waals surface area contributed by atoms with E-state index < -0.39 is 0 Å². The molecular formula is C10H13N5O. The average molecular weight is 219 g/mol. The Balaban J connectivity index is 2.17. The molecule has 0 aromatic carbocycles. The van der Waals surface area contributed by atoms with E-state index in [4.69, 9.17) is 4.52 Å². The lowest BCUT2D eigenvalue weighted by molar-refractivity contribution is 0.393. The first-order chi connectivity index (χ1) is 7.77. The van der Waals surface area contributed by atoms with Crippen molar-refractivity contribution in [2.24, 2.45) is 0 Å². The van der Waals surface area contributed by atoms with Crippen LogP contribution in [0, 0.1) is 13.8 Å². The first kappa shape index (κ1) is 9.53. The van der Waals surface area contributed by atoms with Gasteiger partial charge in [-0.05, 0) is 13.8 Å². The zero-order valence-corrected chi connectivity index (χ0v) is 9.32. The number of nitrogens with zero attached hydrogens (tertiary/aromatic N) is 4. The minimum absolute atomic E-state index is 0.774. The van der Waals surface area contributed by atoms with Crippen molar-refractivity contribution >= 4 is 0 Å². The van der Waals surface area contributed by atoms with E-state index in [9.17, 15) is 0 Å². The van der Waals surface area contributed by atoms with E-state index in [0.717, 1.165) is 48.3 Å². The van der Waals surface area contributed by atoms with Gasteiger partial charge < -0.3 is 14.4 Å². The molecule has 0 spiro atoms. The van der Waals surface area contributed by atoms with Gasteiger partial charge in [0.25, 0.3) is 0 Å². The molecule has 0 fully saturated rings. The van der Waals surface area contributed by atoms with E-state index >= 15 is 0 Å². The molecule has 0 atom stereocenters. The third kappa shape index (κ3) is 1.26. The van der Waals surface area contributed by atoms with Crippen LogP contribution in [-0.4, -0.2) is 26.5 Å². The molecule has 6 heteroatoms. The van der Waals surface area contributed by atoms with Gasteiger partial charge in [0.1, 0.15) is 11.6 Å². The lowest BCUT2D eigenvalue weighted by Gasteiger charge is -2.15. The predicted molar refractivity (Wildman–Crippen MR) is 56.7 cm³/mol. The quantitative estimate of drug-likeness (QED) is 0.762. The normalized spacial score (nSPS) is 15.1. The van der Waals surface area contributed by atoms with Gasteiger partial charge in [0.05, 0.1) is 17.8 Å². The third-order valence-electron chi connectivity index (χ3n) is 2.88. The van der Waals surface area contributed by atoms with Gasteiger partial charge in [-0.15, -0.1) is 10.2 Å². The molecule has 2 aromatic heterocycles. The highest BCUT2D eigenvalue weighted by molar-refractivity contribution is 5.60. The lowest BCUT2D eigenvalue weighted by atomic mass is 10.2. The Morgan fingerprint density at radius 3 is 2.94 bits per heavy atom. The topological polar surface area (TPSA) is 68.8 Å². The third-order valence-corrected chi connectivity index (χ3v) is 2.88. The Labute approximate surface area is 92.6 Å². The zero-order chi connectivity index (χ0) is 11.1. The molecule has 16 heavy (non-hydrogen) atoms. The van der Waals surface area contributed by atoms with Crippen LogP contribution < -0.4 is 5.32 Å². The molecule has 0 radical (unpaired) electrons. The first-order valence-corrected chi connectivity index (χ1v) is 5.33. The number of aromatic nitrogens is 4. The van der Waals surface area contributed by atoms with E-state index in [1.807, 2.05) is 13.8 Å². The van der Waals surface area contributed by atoms with Gasteiger partial charge >= 0.3 is 0 Å². The van der Waals surface area contributed by atoms with Crippen LogP contribution in [0.3, 0.4) is 0 Å². The van der Waals surface area contributed by atoms with Crippen LogP contribution in [-0.2, 0) is 13.1 Å². The maximum Gasteiger partial charge on any atom is 0.169 e. The van der Waals surface area contributed by atoms with Crippen molar-refractivity contribution in [2.45, 2.75) is 26.9 Å². The van der Waals surface area contributed by atoms with E-state index in [-0.39, 0.29) is 0 Å². The summed E-state index contributed by atoms with van der Waals surface area (Å²) in [6, 6.07) is 0. The van der Waals surface area contributed by atoms with Crippen LogP contribution in [0.15, 0.2) is 4.52 Å². The van der Waals surface area contributed by atoms with Gasteiger partial charge in [0.2, 0.25) is 0 Å². The molecule has 3 rings (SSSR count). The molecule has 1 aliphatic heterocycles. The van der Waals surface area contributed by atoms with Gasteiger partial charge in [-0.2, -0.15) is 0 Å². The molecule has 0 unspecified atom stereocenters. The summed E-state index contributed by atoms with van der Waals surface area (Å²) in [4.78, 5) is 0. The number of nitrogens with one attached hydrogen (secondary N) is 1. The molecule has 0 saturated heterocycles. The molecular weight excluding hydrogens is 206 g/mol. The smallest absolute Gasteiger partial charge is 0.169 e. The fourth-order valence-corrected chi connectivity index (χ4v) is 2.08. The molecule has 2 aromatic rings. The summed E-state index contributed by atoms with van der Waals surface area (Å²) in [6.07, 6.45) is 0. The van der Waals surface area contributed by atoms with E-state index in [1.54, 1.807) is 0 Å². The van der Waals surface area contributed by atoms with Crippen molar-refractivity contribution in [1.29, 1.82) is 0 Å². The van der Waals surface area contributed by atoms with Crippen LogP contribution in [0.4, 0.5) is 0 Å². The van der Waals surface area contributed by atoms with Crippen LogP contribution in [0.25, 0.3) is 11.4 Å². The molecule has 0 aliphatic carbocycles. The lowest BCUT2D eigenvalue weighted by Crippen LogP contribution is -2.28. The predicted octanol–water partition coefficient (Wildman–Crippen LogP) is 0.653. The average Bonchev–Trinajstić information content (AvgIpc) is 2.83. The number of aryl methyl sites for hydroxylation is 2. The van der Waals surface area contributed by atoms with Crippen molar-refractivity contribution in [1.82, 2.24) is 25.2 Å². The van der Waals surface area contributed by atoms with E-state index in [1.165, 1.54) is 0 Å². The minimum atomic E-state index is 0.774. The summed E-state index contributed by atoms with van der Waals surface area (Å²) in [6.45, 7) is 6.44. The second-order valence-electron chi connectivity index (χ2n) is 3.97. The highest BCUT2D eigenvalue weighted by atomic mass is 16.5. The second-order valence-corrected chi connectivity index (χ2v) is 3.97. The fourth-order valence-electron chi connectivity index (χ4n) is 2.08. The Hall–Kier alpha value is -1.69. The second kappa shape index (κ2) is 3.41. The number of hydrogen-bond donors (Lipinski definition) is 1. The van der Waals surface area contributed by atoms with Gasteiger partial charge in [-0.25, -0.2) is 0 Å². The number of rotatable bonds is 1. The SMILES string of the molecule is Cc1noc(C)c1-c1nnc2n1CCNC2. The molecule has 0 amide bonds. The summed E-state index contributed by atoms with van der Waals surface area (Å²) >= 11 is 0. The molecule has 0 bridgehead atoms. The van der Waals surface area contributed by atoms with Crippen LogP contribution in [0.2, 0.25) is 0 Å². The number of hydrogen-bond acceptors (Lipinski definition) is 5. The highest BCUT2D eigenvalue weighted by Gasteiger charge is 2.21. The molecule has 0 saturated carbocycles. The summed E-state index contributed by atoms with van der Waals surface area (Å²) < 4.78 is 7.29. The van der Waals surface area contributed by atoms with E-state index in [0.29, 0.717) is 0 Å². The van der Waals surface area contributed by atoms with Crippen LogP contribution in [0.5, 0.6) is 0 Å². The minimum Gasteiger partial charge on any atom is -0.361 e. The summed E-state index contributed by atoms with van der Waals surface area (Å²) in [5.74, 6) is 2.64. The fraction of sp³-hybridized carbons (Fsp3) is 0.500. The van der Waals surface area contributed by atoms with E-state index in [2.05, 4.69) is 25.2 Å². The van der Waals surface area contributed by atoms with Gasteiger partial charge in [0.15, 0.2) is 5.82 Å². The molecule has 1 N–H and O–H groups in total. The van der Waals surface area contributed by atoms with Crippen LogP contribution >= 0.6 is 0 Å². The summed E-state index contributed by atoms with van der Waals surface area (Å²) in [5, 5.41) is 15.6. The van der Waals surface area contributed by atoms with Crippen LogP contribution in [0.1, 0.15) is 17.3 Å². The largest absolute Gasteiger partial charge is 0.361 e. The van der Waals surface area contributed by atoms with Crippen molar-refractivity contribution in [3.05, 3.63) is 17.3 Å². The maximum absolute atomic E-state index is 5.16. The number of fused-ring (bicyclic) bond motifs is 1. The molecule has 1 aliphatic rings. The van der Waals surface area contributed by atoms with Crippen molar-refractivity contribution < 1.29 is 4.52 Å². The summed E-state index contributed by atoms with van der Waals surface area (Å²) in [5.41, 5.74) is 1.84. The standard InChI is InChI=1S/C10H13N5O/c1-6-9(7(2)16-14-6)10-13-12-8-5-11-3-4-15(8)10/h11H,3-5H2,1-2H3. The Morgan fingerprint density at radius 2 is 2.19 bits per heavy atom. The van der Waals surface area contributed by atoms with Gasteiger partial charge in [-0.3, -0.25) is 0 Å². The van der Waals surface area contributed by atoms with Crippen molar-refractivity contribution in [3.63, 3.8) is 0 Å². The Bertz CT molecular complexity index is 508. The molecule has 3 heterocycles. The molecule has 84 valence electrons. The van der Waals surface area contributed by atoms with Gasteiger partial charge in [0, 0.05) is 13.1 Å². The highest BCUT2D eigenvalue weighted by Crippen LogP contribution is 2.26. The monoisotopic (exact) mass is 219 g/mol.